The summed E-state index contributed by atoms with van der Waals surface area (Å²) >= 11 is 0. The van der Waals surface area contributed by atoms with Crippen LogP contribution in [0.4, 0.5) is 5.69 Å². The van der Waals surface area contributed by atoms with Gasteiger partial charge < -0.3 is 9.80 Å². The molecule has 2 amide bonds. The van der Waals surface area contributed by atoms with Gasteiger partial charge in [-0.15, -0.1) is 0 Å². The van der Waals surface area contributed by atoms with Gasteiger partial charge in [-0.25, -0.2) is 0 Å². The number of aryl methyl sites for hydroxylation is 1. The minimum absolute atomic E-state index is 0.147. The van der Waals surface area contributed by atoms with Crippen LogP contribution in [0.1, 0.15) is 50.5 Å². The fourth-order valence-electron chi connectivity index (χ4n) is 4.63. The van der Waals surface area contributed by atoms with Crippen LogP contribution in [0.25, 0.3) is 0 Å². The van der Waals surface area contributed by atoms with Crippen LogP contribution in [-0.2, 0) is 16.0 Å². The highest BCUT2D eigenvalue weighted by Gasteiger charge is 2.40. The van der Waals surface area contributed by atoms with E-state index in [1.165, 1.54) is 24.8 Å². The molecule has 4 heteroatoms. The molecule has 128 valence electrons. The van der Waals surface area contributed by atoms with Crippen molar-refractivity contribution in [1.29, 1.82) is 0 Å². The van der Waals surface area contributed by atoms with Gasteiger partial charge in [-0.05, 0) is 37.3 Å². The maximum atomic E-state index is 13.1. The summed E-state index contributed by atoms with van der Waals surface area (Å²) in [6.45, 7) is 1.41. The summed E-state index contributed by atoms with van der Waals surface area (Å²) < 4.78 is 0. The van der Waals surface area contributed by atoms with Gasteiger partial charge in [0.1, 0.15) is 0 Å². The van der Waals surface area contributed by atoms with Crippen molar-refractivity contribution in [3.8, 4) is 0 Å². The summed E-state index contributed by atoms with van der Waals surface area (Å²) in [5.41, 5.74) is 2.31. The molecular weight excluding hydrogens is 300 g/mol. The highest BCUT2D eigenvalue weighted by atomic mass is 16.2. The van der Waals surface area contributed by atoms with Crippen molar-refractivity contribution in [2.24, 2.45) is 5.92 Å². The number of anilines is 1. The van der Waals surface area contributed by atoms with Crippen LogP contribution in [0.15, 0.2) is 24.3 Å². The molecule has 0 N–H and O–H groups in total. The molecule has 2 aliphatic heterocycles. The summed E-state index contributed by atoms with van der Waals surface area (Å²) in [7, 11) is 0. The van der Waals surface area contributed by atoms with E-state index in [9.17, 15) is 9.59 Å². The number of nitrogens with zero attached hydrogens (tertiary/aromatic N) is 2. The number of fused-ring (bicyclic) bond motifs is 1. The topological polar surface area (TPSA) is 40.6 Å². The Kier molecular flexibility index (Phi) is 4.30. The quantitative estimate of drug-likeness (QED) is 0.838. The highest BCUT2D eigenvalue weighted by molar-refractivity contribution is 5.99. The van der Waals surface area contributed by atoms with Gasteiger partial charge in [-0.1, -0.05) is 37.5 Å². The zero-order valence-electron chi connectivity index (χ0n) is 14.2. The minimum atomic E-state index is -0.161. The number of likely N-dealkylation sites (tertiary alicyclic amines) is 1. The van der Waals surface area contributed by atoms with Crippen LogP contribution in [-0.4, -0.2) is 35.8 Å². The predicted molar refractivity (Wildman–Crippen MR) is 93.8 cm³/mol. The third-order valence-corrected chi connectivity index (χ3v) is 5.90. The van der Waals surface area contributed by atoms with Crippen LogP contribution in [0, 0.1) is 5.92 Å². The van der Waals surface area contributed by atoms with E-state index in [1.54, 1.807) is 0 Å². The number of hydrogen-bond donors (Lipinski definition) is 0. The third kappa shape index (κ3) is 2.83. The van der Waals surface area contributed by atoms with Crippen molar-refractivity contribution >= 4 is 17.5 Å². The summed E-state index contributed by atoms with van der Waals surface area (Å²) in [6.07, 6.45) is 8.38. The minimum Gasteiger partial charge on any atom is -0.339 e. The molecule has 4 rings (SSSR count). The van der Waals surface area contributed by atoms with E-state index in [0.29, 0.717) is 19.0 Å². The Balaban J connectivity index is 1.49. The van der Waals surface area contributed by atoms with Gasteiger partial charge >= 0.3 is 0 Å². The maximum Gasteiger partial charge on any atom is 0.232 e. The molecule has 24 heavy (non-hydrogen) atoms. The monoisotopic (exact) mass is 326 g/mol. The lowest BCUT2D eigenvalue weighted by atomic mass is 9.94. The molecule has 1 aliphatic carbocycles. The second-order valence-corrected chi connectivity index (χ2v) is 7.46. The molecule has 1 saturated carbocycles. The Hall–Kier alpha value is -1.84. The number of carbonyl (C=O) groups is 2. The molecule has 1 atom stereocenters. The van der Waals surface area contributed by atoms with Crippen molar-refractivity contribution in [2.45, 2.75) is 57.4 Å². The summed E-state index contributed by atoms with van der Waals surface area (Å²) in [5.74, 6) is 0.171. The zero-order valence-corrected chi connectivity index (χ0v) is 14.2. The molecule has 0 radical (unpaired) electrons. The van der Waals surface area contributed by atoms with E-state index >= 15 is 0 Å². The Morgan fingerprint density at radius 2 is 1.83 bits per heavy atom. The second-order valence-electron chi connectivity index (χ2n) is 7.46. The van der Waals surface area contributed by atoms with Crippen LogP contribution in [0.2, 0.25) is 0 Å². The van der Waals surface area contributed by atoms with Gasteiger partial charge in [0.05, 0.1) is 5.92 Å². The zero-order chi connectivity index (χ0) is 16.5. The van der Waals surface area contributed by atoms with E-state index in [0.717, 1.165) is 37.9 Å². The van der Waals surface area contributed by atoms with E-state index in [4.69, 9.17) is 0 Å². The molecule has 1 aromatic rings. The Labute approximate surface area is 143 Å². The Morgan fingerprint density at radius 3 is 2.67 bits per heavy atom. The first-order chi connectivity index (χ1) is 11.7. The number of rotatable bonds is 2. The van der Waals surface area contributed by atoms with Crippen molar-refractivity contribution in [3.63, 3.8) is 0 Å². The maximum absolute atomic E-state index is 13.1. The van der Waals surface area contributed by atoms with Gasteiger partial charge in [-0.2, -0.15) is 0 Å². The Bertz CT molecular complexity index is 636. The lowest BCUT2D eigenvalue weighted by Gasteiger charge is -2.33. The van der Waals surface area contributed by atoms with Gasteiger partial charge in [0, 0.05) is 31.2 Å². The van der Waals surface area contributed by atoms with Crippen molar-refractivity contribution in [1.82, 2.24) is 4.90 Å². The Morgan fingerprint density at radius 1 is 1.04 bits per heavy atom. The van der Waals surface area contributed by atoms with Gasteiger partial charge in [-0.3, -0.25) is 9.59 Å². The van der Waals surface area contributed by atoms with E-state index < -0.39 is 0 Å². The van der Waals surface area contributed by atoms with Crippen LogP contribution >= 0.6 is 0 Å². The van der Waals surface area contributed by atoms with Gasteiger partial charge in [0.15, 0.2) is 0 Å². The largest absolute Gasteiger partial charge is 0.339 e. The highest BCUT2D eigenvalue weighted by Crippen LogP contribution is 2.32. The molecule has 4 nitrogen and oxygen atoms in total. The molecule has 2 fully saturated rings. The molecule has 0 aromatic heterocycles. The number of para-hydroxylation sites is 1. The standard InChI is InChI=1S/C20H26N2O2/c23-19-13-16(14-22(19)17-9-2-1-3-10-17)20(24)21-12-6-8-15-7-4-5-11-18(15)21/h4-5,7,11,16-17H,1-3,6,8-10,12-14H2/t16-/m1/s1. The predicted octanol–water partition coefficient (Wildman–Crippen LogP) is 3.15. The van der Waals surface area contributed by atoms with Gasteiger partial charge in [0.2, 0.25) is 11.8 Å². The summed E-state index contributed by atoms with van der Waals surface area (Å²) in [6, 6.07) is 8.57. The number of amides is 2. The first kappa shape index (κ1) is 15.7. The number of hydrogen-bond acceptors (Lipinski definition) is 2. The smallest absolute Gasteiger partial charge is 0.232 e. The van der Waals surface area contributed by atoms with E-state index in [-0.39, 0.29) is 17.7 Å². The van der Waals surface area contributed by atoms with Gasteiger partial charge in [0.25, 0.3) is 0 Å². The normalized spacial score (nSPS) is 25.0. The molecular formula is C20H26N2O2. The molecule has 1 saturated heterocycles. The van der Waals surface area contributed by atoms with Crippen molar-refractivity contribution in [3.05, 3.63) is 29.8 Å². The molecule has 3 aliphatic rings. The summed E-state index contributed by atoms with van der Waals surface area (Å²) in [4.78, 5) is 29.5. The number of benzene rings is 1. The number of carbonyl (C=O) groups excluding carboxylic acids is 2. The van der Waals surface area contributed by atoms with Crippen LogP contribution in [0.5, 0.6) is 0 Å². The van der Waals surface area contributed by atoms with Crippen molar-refractivity contribution < 1.29 is 9.59 Å². The molecule has 2 heterocycles. The van der Waals surface area contributed by atoms with Crippen LogP contribution < -0.4 is 4.90 Å². The molecule has 0 spiro atoms. The molecule has 0 bridgehead atoms. The molecule has 0 unspecified atom stereocenters. The lowest BCUT2D eigenvalue weighted by molar-refractivity contribution is -0.130. The first-order valence-corrected chi connectivity index (χ1v) is 9.43. The lowest BCUT2D eigenvalue weighted by Crippen LogP contribution is -2.42. The summed E-state index contributed by atoms with van der Waals surface area (Å²) in [5, 5.41) is 0. The van der Waals surface area contributed by atoms with Crippen molar-refractivity contribution in [2.75, 3.05) is 18.0 Å². The average Bonchev–Trinajstić information content (AvgIpc) is 3.03. The van der Waals surface area contributed by atoms with E-state index in [2.05, 4.69) is 6.07 Å². The average molecular weight is 326 g/mol. The molecule has 1 aromatic carbocycles. The second kappa shape index (κ2) is 6.58. The first-order valence-electron chi connectivity index (χ1n) is 9.43. The fraction of sp³-hybridized carbons (Fsp3) is 0.600. The van der Waals surface area contributed by atoms with Crippen LogP contribution in [0.3, 0.4) is 0 Å². The third-order valence-electron chi connectivity index (χ3n) is 5.90. The SMILES string of the molecule is O=C([C@@H]1CC(=O)N(C2CCCCC2)C1)N1CCCc2ccccc21. The van der Waals surface area contributed by atoms with E-state index in [1.807, 2.05) is 28.0 Å². The fourth-order valence-corrected chi connectivity index (χ4v) is 4.63.